The lowest BCUT2D eigenvalue weighted by Gasteiger charge is -2.11. The number of para-hydroxylation sites is 1. The average Bonchev–Trinajstić information content (AvgIpc) is 2.65. The zero-order valence-corrected chi connectivity index (χ0v) is 13.7. The molecule has 0 radical (unpaired) electrons. The first-order chi connectivity index (χ1) is 11.8. The second-order valence-electron chi connectivity index (χ2n) is 5.48. The van der Waals surface area contributed by atoms with E-state index in [2.05, 4.69) is 4.98 Å². The molecule has 3 aromatic carbocycles. The molecule has 1 N–H and O–H groups in total. The highest BCUT2D eigenvalue weighted by Gasteiger charge is 2.14. The molecule has 1 heterocycles. The lowest BCUT2D eigenvalue weighted by molar-refractivity contribution is 1.26. The van der Waals surface area contributed by atoms with Crippen LogP contribution in [0.4, 0.5) is 0 Å². The van der Waals surface area contributed by atoms with Gasteiger partial charge < -0.3 is 4.98 Å². The SMILES string of the molecule is O=c1c(Sc2ccccc2)c(-c2ccccc2)[nH]c2ccccc12. The maximum atomic E-state index is 13.1. The van der Waals surface area contributed by atoms with Crippen LogP contribution in [0.3, 0.4) is 0 Å². The number of benzene rings is 3. The van der Waals surface area contributed by atoms with Crippen molar-refractivity contribution in [1.29, 1.82) is 0 Å². The molecule has 1 aromatic heterocycles. The van der Waals surface area contributed by atoms with Crippen molar-refractivity contribution in [3.8, 4) is 11.3 Å². The number of rotatable bonds is 3. The zero-order valence-electron chi connectivity index (χ0n) is 12.9. The second kappa shape index (κ2) is 6.38. The summed E-state index contributed by atoms with van der Waals surface area (Å²) in [7, 11) is 0. The third kappa shape index (κ3) is 2.74. The monoisotopic (exact) mass is 329 g/mol. The maximum Gasteiger partial charge on any atom is 0.203 e. The van der Waals surface area contributed by atoms with Crippen LogP contribution in [0.5, 0.6) is 0 Å². The van der Waals surface area contributed by atoms with Crippen molar-refractivity contribution in [1.82, 2.24) is 4.98 Å². The summed E-state index contributed by atoms with van der Waals surface area (Å²) in [4.78, 5) is 18.3. The molecule has 4 aromatic rings. The van der Waals surface area contributed by atoms with Crippen LogP contribution in [-0.2, 0) is 0 Å². The van der Waals surface area contributed by atoms with E-state index in [9.17, 15) is 4.79 Å². The van der Waals surface area contributed by atoms with Crippen molar-refractivity contribution < 1.29 is 0 Å². The standard InChI is InChI=1S/C21H15NOS/c23-20-17-13-7-8-14-18(17)22-19(15-9-3-1-4-10-15)21(20)24-16-11-5-2-6-12-16/h1-14H,(H,22,23). The highest BCUT2D eigenvalue weighted by atomic mass is 32.2. The molecule has 24 heavy (non-hydrogen) atoms. The van der Waals surface area contributed by atoms with Gasteiger partial charge in [0.1, 0.15) is 0 Å². The molecule has 3 heteroatoms. The molecule has 0 saturated heterocycles. The van der Waals surface area contributed by atoms with Crippen LogP contribution < -0.4 is 5.43 Å². The topological polar surface area (TPSA) is 32.9 Å². The largest absolute Gasteiger partial charge is 0.353 e. The van der Waals surface area contributed by atoms with Gasteiger partial charge in [-0.25, -0.2) is 0 Å². The molecule has 2 nitrogen and oxygen atoms in total. The molecule has 0 atom stereocenters. The molecule has 0 fully saturated rings. The van der Waals surface area contributed by atoms with Crippen molar-refractivity contribution in [3.63, 3.8) is 0 Å². The summed E-state index contributed by atoms with van der Waals surface area (Å²) in [6.45, 7) is 0. The normalized spacial score (nSPS) is 10.8. The Morgan fingerprint density at radius 3 is 2.08 bits per heavy atom. The minimum atomic E-state index is 0.0667. The van der Waals surface area contributed by atoms with Crippen molar-refractivity contribution in [2.45, 2.75) is 9.79 Å². The fraction of sp³-hybridized carbons (Fsp3) is 0. The molecule has 0 bridgehead atoms. The van der Waals surface area contributed by atoms with Gasteiger partial charge in [0.05, 0.1) is 10.6 Å². The molecule has 0 spiro atoms. The van der Waals surface area contributed by atoms with Gasteiger partial charge in [-0.2, -0.15) is 0 Å². The lowest BCUT2D eigenvalue weighted by atomic mass is 10.1. The van der Waals surface area contributed by atoms with Gasteiger partial charge in [-0.05, 0) is 29.8 Å². The van der Waals surface area contributed by atoms with Gasteiger partial charge in [0.2, 0.25) is 5.43 Å². The fourth-order valence-electron chi connectivity index (χ4n) is 2.73. The van der Waals surface area contributed by atoms with Gasteiger partial charge in [0.15, 0.2) is 0 Å². The van der Waals surface area contributed by atoms with Crippen LogP contribution in [0, 0.1) is 0 Å². The van der Waals surface area contributed by atoms with Gasteiger partial charge in [0.25, 0.3) is 0 Å². The minimum absolute atomic E-state index is 0.0667. The van der Waals surface area contributed by atoms with E-state index in [1.165, 1.54) is 11.8 Å². The van der Waals surface area contributed by atoms with E-state index in [0.717, 1.165) is 32.0 Å². The van der Waals surface area contributed by atoms with E-state index < -0.39 is 0 Å². The number of hydrogen-bond acceptors (Lipinski definition) is 2. The Hall–Kier alpha value is -2.78. The predicted octanol–water partition coefficient (Wildman–Crippen LogP) is 5.35. The first-order valence-corrected chi connectivity index (χ1v) is 8.58. The first kappa shape index (κ1) is 14.8. The zero-order chi connectivity index (χ0) is 16.4. The van der Waals surface area contributed by atoms with Gasteiger partial charge in [-0.15, -0.1) is 0 Å². The Morgan fingerprint density at radius 1 is 0.708 bits per heavy atom. The minimum Gasteiger partial charge on any atom is -0.353 e. The Labute approximate surface area is 144 Å². The highest BCUT2D eigenvalue weighted by molar-refractivity contribution is 7.99. The molecule has 0 aliphatic heterocycles. The smallest absolute Gasteiger partial charge is 0.203 e. The summed E-state index contributed by atoms with van der Waals surface area (Å²) < 4.78 is 0. The van der Waals surface area contributed by atoms with Crippen LogP contribution >= 0.6 is 11.8 Å². The van der Waals surface area contributed by atoms with Gasteiger partial charge in [-0.3, -0.25) is 4.79 Å². The predicted molar refractivity (Wildman–Crippen MR) is 101 cm³/mol. The average molecular weight is 329 g/mol. The molecule has 0 saturated carbocycles. The summed E-state index contributed by atoms with van der Waals surface area (Å²) in [5.74, 6) is 0. The number of pyridine rings is 1. The summed E-state index contributed by atoms with van der Waals surface area (Å²) in [6, 6.07) is 27.6. The maximum absolute atomic E-state index is 13.1. The summed E-state index contributed by atoms with van der Waals surface area (Å²) in [5.41, 5.74) is 2.81. The fourth-order valence-corrected chi connectivity index (χ4v) is 3.73. The van der Waals surface area contributed by atoms with E-state index in [0.29, 0.717) is 0 Å². The van der Waals surface area contributed by atoms with Crippen LogP contribution in [0.1, 0.15) is 0 Å². The third-order valence-electron chi connectivity index (χ3n) is 3.89. The van der Waals surface area contributed by atoms with Gasteiger partial charge in [0, 0.05) is 15.8 Å². The molecule has 116 valence electrons. The quantitative estimate of drug-likeness (QED) is 0.550. The molecule has 0 aliphatic carbocycles. The van der Waals surface area contributed by atoms with Crippen LogP contribution in [-0.4, -0.2) is 4.98 Å². The molecule has 4 rings (SSSR count). The van der Waals surface area contributed by atoms with Crippen molar-refractivity contribution in [2.24, 2.45) is 0 Å². The third-order valence-corrected chi connectivity index (χ3v) is 4.99. The van der Waals surface area contributed by atoms with Gasteiger partial charge in [-0.1, -0.05) is 72.4 Å². The Morgan fingerprint density at radius 2 is 1.33 bits per heavy atom. The molecular weight excluding hydrogens is 314 g/mol. The number of hydrogen-bond donors (Lipinski definition) is 1. The summed E-state index contributed by atoms with van der Waals surface area (Å²) >= 11 is 1.51. The van der Waals surface area contributed by atoms with Crippen molar-refractivity contribution in [3.05, 3.63) is 95.2 Å². The number of aromatic nitrogens is 1. The number of aromatic amines is 1. The highest BCUT2D eigenvalue weighted by Crippen LogP contribution is 2.33. The Kier molecular flexibility index (Phi) is 3.93. The number of fused-ring (bicyclic) bond motifs is 1. The summed E-state index contributed by atoms with van der Waals surface area (Å²) in [6.07, 6.45) is 0. The molecule has 0 unspecified atom stereocenters. The van der Waals surface area contributed by atoms with Crippen molar-refractivity contribution >= 4 is 22.7 Å². The van der Waals surface area contributed by atoms with E-state index >= 15 is 0 Å². The number of nitrogens with one attached hydrogen (secondary N) is 1. The lowest BCUT2D eigenvalue weighted by Crippen LogP contribution is -2.08. The second-order valence-corrected chi connectivity index (χ2v) is 6.57. The van der Waals surface area contributed by atoms with E-state index in [4.69, 9.17) is 0 Å². The molecular formula is C21H15NOS. The molecule has 0 aliphatic rings. The van der Waals surface area contributed by atoms with Gasteiger partial charge >= 0.3 is 0 Å². The first-order valence-electron chi connectivity index (χ1n) is 7.76. The van der Waals surface area contributed by atoms with E-state index in [1.54, 1.807) is 0 Å². The number of H-pyrrole nitrogens is 1. The van der Waals surface area contributed by atoms with Crippen LogP contribution in [0.25, 0.3) is 22.2 Å². The molecule has 0 amide bonds. The van der Waals surface area contributed by atoms with Crippen molar-refractivity contribution in [2.75, 3.05) is 0 Å². The van der Waals surface area contributed by atoms with Crippen LogP contribution in [0.2, 0.25) is 0 Å². The summed E-state index contributed by atoms with van der Waals surface area (Å²) in [5, 5.41) is 0.718. The van der Waals surface area contributed by atoms with Crippen LogP contribution in [0.15, 0.2) is 99.5 Å². The van der Waals surface area contributed by atoms with E-state index in [1.807, 2.05) is 84.9 Å². The Bertz CT molecular complexity index is 1040. The Balaban J connectivity index is 1.98. The van der Waals surface area contributed by atoms with E-state index in [-0.39, 0.29) is 5.43 Å².